The third-order valence-electron chi connectivity index (χ3n) is 3.98. The maximum atomic E-state index is 4.69. The highest BCUT2D eigenvalue weighted by Gasteiger charge is 2.12. The van der Waals surface area contributed by atoms with Gasteiger partial charge in [-0.05, 0) is 37.1 Å². The van der Waals surface area contributed by atoms with Crippen molar-refractivity contribution in [1.82, 2.24) is 14.6 Å². The van der Waals surface area contributed by atoms with Crippen LogP contribution in [0.15, 0.2) is 66.9 Å². The van der Waals surface area contributed by atoms with E-state index >= 15 is 0 Å². The molecule has 0 aliphatic rings. The van der Waals surface area contributed by atoms with E-state index in [1.807, 2.05) is 48.0 Å². The molecule has 0 atom stereocenters. The zero-order valence-electron chi connectivity index (χ0n) is 13.7. The molecule has 4 rings (SSSR count). The van der Waals surface area contributed by atoms with Crippen molar-refractivity contribution < 1.29 is 0 Å². The van der Waals surface area contributed by atoms with Crippen LogP contribution in [-0.2, 0) is 0 Å². The van der Waals surface area contributed by atoms with Crippen molar-refractivity contribution in [2.24, 2.45) is 0 Å². The Bertz CT molecular complexity index is 1000. The van der Waals surface area contributed by atoms with Crippen LogP contribution in [0.4, 0.5) is 11.5 Å². The number of aromatic nitrogens is 3. The molecule has 118 valence electrons. The van der Waals surface area contributed by atoms with Gasteiger partial charge < -0.3 is 5.32 Å². The summed E-state index contributed by atoms with van der Waals surface area (Å²) in [6.07, 6.45) is 1.87. The van der Waals surface area contributed by atoms with Gasteiger partial charge >= 0.3 is 0 Å². The molecule has 4 aromatic rings. The Morgan fingerprint density at radius 3 is 2.54 bits per heavy atom. The molecule has 0 saturated carbocycles. The molecule has 0 radical (unpaired) electrons. The fourth-order valence-corrected chi connectivity index (χ4v) is 2.87. The number of nitrogens with one attached hydrogen (secondary N) is 1. The van der Waals surface area contributed by atoms with Crippen molar-refractivity contribution in [3.05, 3.63) is 78.1 Å². The van der Waals surface area contributed by atoms with Crippen molar-refractivity contribution in [2.75, 3.05) is 5.32 Å². The highest BCUT2D eigenvalue weighted by Crippen LogP contribution is 2.26. The van der Waals surface area contributed by atoms with E-state index in [1.54, 1.807) is 0 Å². The summed E-state index contributed by atoms with van der Waals surface area (Å²) in [4.78, 5) is 4.69. The number of fused-ring (bicyclic) bond motifs is 1. The van der Waals surface area contributed by atoms with Gasteiger partial charge in [-0.1, -0.05) is 42.5 Å². The first-order chi connectivity index (χ1) is 11.7. The highest BCUT2D eigenvalue weighted by atomic mass is 15.3. The van der Waals surface area contributed by atoms with Crippen LogP contribution >= 0.6 is 0 Å². The first-order valence-corrected chi connectivity index (χ1v) is 7.95. The molecule has 4 nitrogen and oxygen atoms in total. The fourth-order valence-electron chi connectivity index (χ4n) is 2.87. The second kappa shape index (κ2) is 5.81. The van der Waals surface area contributed by atoms with Gasteiger partial charge in [0.05, 0.1) is 6.20 Å². The Hall–Kier alpha value is -3.14. The number of anilines is 2. The highest BCUT2D eigenvalue weighted by molar-refractivity contribution is 5.78. The second-order valence-corrected chi connectivity index (χ2v) is 5.94. The third kappa shape index (κ3) is 2.63. The molecule has 2 aromatic carbocycles. The third-order valence-corrected chi connectivity index (χ3v) is 3.98. The van der Waals surface area contributed by atoms with Crippen molar-refractivity contribution in [3.8, 4) is 11.1 Å². The maximum Gasteiger partial charge on any atom is 0.165 e. The van der Waals surface area contributed by atoms with E-state index in [1.165, 1.54) is 5.56 Å². The van der Waals surface area contributed by atoms with Gasteiger partial charge in [-0.2, -0.15) is 9.61 Å². The van der Waals surface area contributed by atoms with Crippen molar-refractivity contribution in [2.45, 2.75) is 13.8 Å². The van der Waals surface area contributed by atoms with Crippen LogP contribution in [0.5, 0.6) is 0 Å². The monoisotopic (exact) mass is 314 g/mol. The van der Waals surface area contributed by atoms with Crippen LogP contribution in [0, 0.1) is 13.8 Å². The van der Waals surface area contributed by atoms with E-state index in [0.717, 1.165) is 34.0 Å². The van der Waals surface area contributed by atoms with Crippen LogP contribution in [0.1, 0.15) is 11.3 Å². The molecule has 0 aliphatic heterocycles. The second-order valence-electron chi connectivity index (χ2n) is 5.94. The Labute approximate surface area is 140 Å². The number of hydrogen-bond acceptors (Lipinski definition) is 3. The van der Waals surface area contributed by atoms with Gasteiger partial charge in [0.2, 0.25) is 0 Å². The zero-order chi connectivity index (χ0) is 16.5. The SMILES string of the molecule is Cc1cccc(Nc2cc(C)nc3c(-c4ccccc4)cnn23)c1. The average molecular weight is 314 g/mol. The lowest BCUT2D eigenvalue weighted by molar-refractivity contribution is 0.938. The summed E-state index contributed by atoms with van der Waals surface area (Å²) in [5, 5.41) is 8.00. The standard InChI is InChI=1S/C20H18N4/c1-14-7-6-10-17(11-14)23-19-12-15(2)22-20-18(13-21-24(19)20)16-8-4-3-5-9-16/h3-13,23H,1-2H3. The first-order valence-electron chi connectivity index (χ1n) is 7.95. The van der Waals surface area contributed by atoms with Crippen LogP contribution in [-0.4, -0.2) is 14.6 Å². The predicted molar refractivity (Wildman–Crippen MR) is 97.6 cm³/mol. The molecule has 2 aromatic heterocycles. The molecule has 24 heavy (non-hydrogen) atoms. The number of nitrogens with zero attached hydrogens (tertiary/aromatic N) is 3. The molecule has 0 aliphatic carbocycles. The van der Waals surface area contributed by atoms with Crippen molar-refractivity contribution >= 4 is 17.2 Å². The van der Waals surface area contributed by atoms with E-state index in [-0.39, 0.29) is 0 Å². The minimum atomic E-state index is 0.858. The van der Waals surface area contributed by atoms with Crippen LogP contribution in [0.3, 0.4) is 0 Å². The Morgan fingerprint density at radius 1 is 0.917 bits per heavy atom. The van der Waals surface area contributed by atoms with Gasteiger partial charge in [-0.25, -0.2) is 4.98 Å². The molecule has 2 heterocycles. The molecule has 0 bridgehead atoms. The van der Waals surface area contributed by atoms with E-state index in [2.05, 4.69) is 47.7 Å². The first kappa shape index (κ1) is 14.5. The number of hydrogen-bond donors (Lipinski definition) is 1. The molecule has 1 N–H and O–H groups in total. The molecule has 0 saturated heterocycles. The van der Waals surface area contributed by atoms with E-state index in [0.29, 0.717) is 0 Å². The summed E-state index contributed by atoms with van der Waals surface area (Å²) < 4.78 is 1.86. The van der Waals surface area contributed by atoms with Crippen LogP contribution < -0.4 is 5.32 Å². The zero-order valence-corrected chi connectivity index (χ0v) is 13.7. The molecule has 4 heteroatoms. The smallest absolute Gasteiger partial charge is 0.165 e. The van der Waals surface area contributed by atoms with E-state index in [9.17, 15) is 0 Å². The minimum Gasteiger partial charge on any atom is -0.340 e. The normalized spacial score (nSPS) is 10.9. The van der Waals surface area contributed by atoms with Crippen LogP contribution in [0.2, 0.25) is 0 Å². The van der Waals surface area contributed by atoms with Gasteiger partial charge in [0.1, 0.15) is 5.82 Å². The van der Waals surface area contributed by atoms with Gasteiger partial charge in [-0.3, -0.25) is 0 Å². The number of aryl methyl sites for hydroxylation is 2. The lowest BCUT2D eigenvalue weighted by Gasteiger charge is -2.10. The van der Waals surface area contributed by atoms with Gasteiger partial charge in [0.25, 0.3) is 0 Å². The summed E-state index contributed by atoms with van der Waals surface area (Å²) in [5.74, 6) is 0.908. The van der Waals surface area contributed by atoms with Gasteiger partial charge in [-0.15, -0.1) is 0 Å². The Morgan fingerprint density at radius 2 is 1.75 bits per heavy atom. The predicted octanol–water partition coefficient (Wildman–Crippen LogP) is 4.76. The van der Waals surface area contributed by atoms with E-state index < -0.39 is 0 Å². The minimum absolute atomic E-state index is 0.858. The lowest BCUT2D eigenvalue weighted by Crippen LogP contribution is -2.02. The average Bonchev–Trinajstić information content (AvgIpc) is 2.99. The Kier molecular flexibility index (Phi) is 3.50. The Balaban J connectivity index is 1.84. The summed E-state index contributed by atoms with van der Waals surface area (Å²) >= 11 is 0. The molecular formula is C20H18N4. The maximum absolute atomic E-state index is 4.69. The summed E-state index contributed by atoms with van der Waals surface area (Å²) in [7, 11) is 0. The largest absolute Gasteiger partial charge is 0.340 e. The van der Waals surface area contributed by atoms with Crippen molar-refractivity contribution in [3.63, 3.8) is 0 Å². The van der Waals surface area contributed by atoms with E-state index in [4.69, 9.17) is 4.98 Å². The topological polar surface area (TPSA) is 42.2 Å². The molecule has 0 spiro atoms. The summed E-state index contributed by atoms with van der Waals surface area (Å²) in [5.41, 5.74) is 6.22. The molecule has 0 fully saturated rings. The van der Waals surface area contributed by atoms with Crippen molar-refractivity contribution in [1.29, 1.82) is 0 Å². The van der Waals surface area contributed by atoms with Gasteiger partial charge in [0, 0.05) is 23.0 Å². The summed E-state index contributed by atoms with van der Waals surface area (Å²) in [6.45, 7) is 4.09. The molecule has 0 amide bonds. The quantitative estimate of drug-likeness (QED) is 0.593. The fraction of sp³-hybridized carbons (Fsp3) is 0.100. The molecule has 0 unspecified atom stereocenters. The number of rotatable bonds is 3. The lowest BCUT2D eigenvalue weighted by atomic mass is 10.1. The number of benzene rings is 2. The molecular weight excluding hydrogens is 296 g/mol. The van der Waals surface area contributed by atoms with Crippen LogP contribution in [0.25, 0.3) is 16.8 Å². The summed E-state index contributed by atoms with van der Waals surface area (Å²) in [6, 6.07) is 20.5. The van der Waals surface area contributed by atoms with Gasteiger partial charge in [0.15, 0.2) is 5.65 Å².